The van der Waals surface area contributed by atoms with Gasteiger partial charge in [0.05, 0.1) is 27.5 Å². The summed E-state index contributed by atoms with van der Waals surface area (Å²) in [5, 5.41) is 11.1. The van der Waals surface area contributed by atoms with Gasteiger partial charge in [0.15, 0.2) is 0 Å². The molecule has 1 saturated heterocycles. The molecule has 1 aromatic rings. The minimum atomic E-state index is -0.572. The van der Waals surface area contributed by atoms with Crippen LogP contribution in [0.3, 0.4) is 0 Å². The van der Waals surface area contributed by atoms with E-state index in [1.54, 1.807) is 0 Å². The molecule has 7 heteroatoms. The second-order valence-corrected chi connectivity index (χ2v) is 6.31. The molecule has 1 heterocycles. The van der Waals surface area contributed by atoms with Crippen molar-refractivity contribution in [3.8, 4) is 0 Å². The quantitative estimate of drug-likeness (QED) is 0.363. The van der Waals surface area contributed by atoms with Crippen molar-refractivity contribution >= 4 is 34.8 Å². The minimum Gasteiger partial charge on any atom is -0.274 e. The summed E-state index contributed by atoms with van der Waals surface area (Å²) in [5.41, 5.74) is -0.0853. The van der Waals surface area contributed by atoms with Gasteiger partial charge in [-0.2, -0.15) is 0 Å². The molecular weight excluding hydrogens is 308 g/mol. The normalized spacial score (nSPS) is 32.0. The summed E-state index contributed by atoms with van der Waals surface area (Å²) in [7, 11) is 0. The summed E-state index contributed by atoms with van der Waals surface area (Å²) in [6, 6.07) is 3.79. The Morgan fingerprint density at radius 2 is 1.73 bits per heavy atom. The van der Waals surface area contributed by atoms with E-state index in [-0.39, 0.29) is 51.9 Å². The third-order valence-electron chi connectivity index (χ3n) is 4.85. The highest BCUT2D eigenvalue weighted by Crippen LogP contribution is 2.53. The van der Waals surface area contributed by atoms with Crippen LogP contribution in [0.25, 0.3) is 0 Å². The third-order valence-corrected chi connectivity index (χ3v) is 5.17. The molecule has 0 aromatic heterocycles. The number of hydrogen-bond acceptors (Lipinski definition) is 4. The van der Waals surface area contributed by atoms with E-state index >= 15 is 0 Å². The van der Waals surface area contributed by atoms with Crippen LogP contribution in [0.15, 0.2) is 30.4 Å². The van der Waals surface area contributed by atoms with Crippen LogP contribution in [0.2, 0.25) is 5.02 Å². The van der Waals surface area contributed by atoms with Gasteiger partial charge >= 0.3 is 0 Å². The lowest BCUT2D eigenvalue weighted by atomic mass is 9.85. The fourth-order valence-electron chi connectivity index (χ4n) is 3.93. The topological polar surface area (TPSA) is 80.5 Å². The zero-order chi connectivity index (χ0) is 15.6. The van der Waals surface area contributed by atoms with Crippen LogP contribution >= 0.6 is 11.6 Å². The Labute approximate surface area is 130 Å². The fourth-order valence-corrected chi connectivity index (χ4v) is 4.13. The maximum absolute atomic E-state index is 12.7. The second-order valence-electron chi connectivity index (χ2n) is 5.90. The molecule has 3 aliphatic rings. The fraction of sp³-hybridized carbons (Fsp3) is 0.333. The number of rotatable bonds is 2. The molecule has 6 nitrogen and oxygen atoms in total. The summed E-state index contributed by atoms with van der Waals surface area (Å²) in [4.78, 5) is 36.7. The largest absolute Gasteiger partial charge is 0.274 e. The van der Waals surface area contributed by atoms with Crippen LogP contribution in [0, 0.1) is 33.8 Å². The first-order valence-electron chi connectivity index (χ1n) is 6.99. The van der Waals surface area contributed by atoms with Crippen molar-refractivity contribution in [2.75, 3.05) is 4.90 Å². The van der Waals surface area contributed by atoms with Crippen LogP contribution in [0.4, 0.5) is 11.4 Å². The molecule has 0 radical (unpaired) electrons. The minimum absolute atomic E-state index is 0.0916. The van der Waals surface area contributed by atoms with Crippen LogP contribution in [0.5, 0.6) is 0 Å². The highest BCUT2D eigenvalue weighted by atomic mass is 35.5. The summed E-state index contributed by atoms with van der Waals surface area (Å²) < 4.78 is 0. The van der Waals surface area contributed by atoms with Gasteiger partial charge in [-0.05, 0) is 24.3 Å². The van der Waals surface area contributed by atoms with E-state index in [1.165, 1.54) is 18.2 Å². The molecule has 2 bridgehead atoms. The first kappa shape index (κ1) is 13.5. The summed E-state index contributed by atoms with van der Waals surface area (Å²) in [6.45, 7) is 0. The lowest BCUT2D eigenvalue weighted by Crippen LogP contribution is -2.33. The molecule has 2 fully saturated rings. The number of nitro benzene ring substituents is 1. The van der Waals surface area contributed by atoms with E-state index in [0.717, 1.165) is 11.3 Å². The molecule has 1 aromatic carbocycles. The Kier molecular flexibility index (Phi) is 2.69. The highest BCUT2D eigenvalue weighted by molar-refractivity contribution is 6.36. The van der Waals surface area contributed by atoms with E-state index in [9.17, 15) is 19.7 Å². The number of carbonyl (C=O) groups is 2. The number of halogens is 1. The first-order valence-corrected chi connectivity index (χ1v) is 7.37. The van der Waals surface area contributed by atoms with Crippen molar-refractivity contribution in [2.45, 2.75) is 6.42 Å². The smallest absolute Gasteiger partial charge is 0.271 e. The Hall–Kier alpha value is -2.21. The molecule has 2 aliphatic carbocycles. The number of anilines is 1. The Morgan fingerprint density at radius 1 is 1.14 bits per heavy atom. The van der Waals surface area contributed by atoms with Crippen LogP contribution in [0.1, 0.15) is 6.42 Å². The Balaban J connectivity index is 1.79. The molecule has 0 unspecified atom stereocenters. The lowest BCUT2D eigenvalue weighted by molar-refractivity contribution is -0.384. The van der Waals surface area contributed by atoms with E-state index in [4.69, 9.17) is 11.6 Å². The molecule has 4 rings (SSSR count). The average Bonchev–Trinajstić information content (AvgIpc) is 3.14. The average molecular weight is 319 g/mol. The van der Waals surface area contributed by atoms with Crippen molar-refractivity contribution in [1.29, 1.82) is 0 Å². The Bertz CT molecular complexity index is 730. The van der Waals surface area contributed by atoms with Gasteiger partial charge in [-0.15, -0.1) is 0 Å². The summed E-state index contributed by atoms with van der Waals surface area (Å²) in [5.74, 6) is -1.11. The van der Waals surface area contributed by atoms with Gasteiger partial charge in [-0.3, -0.25) is 19.7 Å². The maximum Gasteiger partial charge on any atom is 0.271 e. The van der Waals surface area contributed by atoms with E-state index < -0.39 is 4.92 Å². The number of fused-ring (bicyclic) bond motifs is 5. The number of imide groups is 1. The van der Waals surface area contributed by atoms with Gasteiger partial charge in [0.25, 0.3) is 5.69 Å². The molecule has 4 atom stereocenters. The molecule has 0 spiro atoms. The molecular formula is C15H11ClN2O4. The molecule has 2 amide bonds. The Morgan fingerprint density at radius 3 is 2.27 bits per heavy atom. The molecule has 0 N–H and O–H groups in total. The van der Waals surface area contributed by atoms with Crippen molar-refractivity contribution in [2.24, 2.45) is 23.7 Å². The molecule has 1 saturated carbocycles. The van der Waals surface area contributed by atoms with Crippen LogP contribution < -0.4 is 4.90 Å². The van der Waals surface area contributed by atoms with E-state index in [0.29, 0.717) is 0 Å². The number of benzene rings is 1. The van der Waals surface area contributed by atoms with Crippen molar-refractivity contribution in [3.05, 3.63) is 45.5 Å². The van der Waals surface area contributed by atoms with Gasteiger partial charge in [0.2, 0.25) is 11.8 Å². The first-order chi connectivity index (χ1) is 10.5. The van der Waals surface area contributed by atoms with Crippen molar-refractivity contribution < 1.29 is 14.5 Å². The van der Waals surface area contributed by atoms with Gasteiger partial charge in [0.1, 0.15) is 0 Å². The lowest BCUT2D eigenvalue weighted by Gasteiger charge is -2.18. The number of allylic oxidation sites excluding steroid dienone is 2. The van der Waals surface area contributed by atoms with Crippen molar-refractivity contribution in [3.63, 3.8) is 0 Å². The predicted octanol–water partition coefficient (Wildman–Crippen LogP) is 2.56. The van der Waals surface area contributed by atoms with Gasteiger partial charge in [-0.25, -0.2) is 4.90 Å². The zero-order valence-corrected chi connectivity index (χ0v) is 12.1. The van der Waals surface area contributed by atoms with Gasteiger partial charge in [-0.1, -0.05) is 23.8 Å². The number of hydrogen-bond donors (Lipinski definition) is 0. The summed E-state index contributed by atoms with van der Waals surface area (Å²) >= 11 is 6.07. The van der Waals surface area contributed by atoms with E-state index in [1.807, 2.05) is 12.2 Å². The maximum atomic E-state index is 12.7. The van der Waals surface area contributed by atoms with Crippen molar-refractivity contribution in [1.82, 2.24) is 0 Å². The predicted molar refractivity (Wildman–Crippen MR) is 78.3 cm³/mol. The SMILES string of the molecule is O=C1[C@H]2[C@H](C(=O)N1c1cc([N+](=O)[O-])ccc1Cl)[C@H]1C=C[C@H]2C1. The second kappa shape index (κ2) is 4.39. The zero-order valence-electron chi connectivity index (χ0n) is 11.3. The molecule has 22 heavy (non-hydrogen) atoms. The van der Waals surface area contributed by atoms with Gasteiger partial charge in [0, 0.05) is 12.1 Å². The van der Waals surface area contributed by atoms with E-state index in [2.05, 4.69) is 0 Å². The number of nitrogens with zero attached hydrogens (tertiary/aromatic N) is 2. The third kappa shape index (κ3) is 1.61. The standard InChI is InChI=1S/C15H11ClN2O4/c16-10-4-3-9(18(21)22)6-11(10)17-14(19)12-7-1-2-8(5-7)13(12)15(17)20/h1-4,6-8,12-13H,5H2/t7-,8-,12+,13+/m0/s1. The number of amides is 2. The number of non-ortho nitro benzene ring substituents is 1. The molecule has 1 aliphatic heterocycles. The monoisotopic (exact) mass is 318 g/mol. The number of nitro groups is 1. The van der Waals surface area contributed by atoms with Crippen LogP contribution in [-0.2, 0) is 9.59 Å². The molecule has 112 valence electrons. The summed E-state index contributed by atoms with van der Waals surface area (Å²) in [6.07, 6.45) is 4.83. The van der Waals surface area contributed by atoms with Crippen LogP contribution in [-0.4, -0.2) is 16.7 Å². The highest BCUT2D eigenvalue weighted by Gasteiger charge is 2.59. The van der Waals surface area contributed by atoms with Gasteiger partial charge < -0.3 is 0 Å². The number of carbonyl (C=O) groups excluding carboxylic acids is 2.